The normalized spacial score (nSPS) is 14.8. The van der Waals surface area contributed by atoms with Crippen molar-refractivity contribution in [3.05, 3.63) is 201 Å². The van der Waals surface area contributed by atoms with Crippen molar-refractivity contribution in [2.75, 3.05) is 0 Å². The highest BCUT2D eigenvalue weighted by Crippen LogP contribution is 2.37. The minimum atomic E-state index is -0.119. The second-order valence-electron chi connectivity index (χ2n) is 11.3. The van der Waals surface area contributed by atoms with E-state index in [4.69, 9.17) is 4.99 Å². The van der Waals surface area contributed by atoms with Crippen LogP contribution in [-0.4, -0.2) is 21.7 Å². The molecule has 0 radical (unpaired) electrons. The van der Waals surface area contributed by atoms with Crippen LogP contribution in [0.5, 0.6) is 0 Å². The molecule has 3 aliphatic heterocycles. The highest BCUT2D eigenvalue weighted by Gasteiger charge is 2.37. The van der Waals surface area contributed by atoms with E-state index in [9.17, 15) is 0 Å². The van der Waals surface area contributed by atoms with Gasteiger partial charge in [0.15, 0.2) is 0 Å². The van der Waals surface area contributed by atoms with Gasteiger partial charge in [-0.15, -0.1) is 0 Å². The van der Waals surface area contributed by atoms with E-state index in [1.807, 2.05) is 0 Å². The highest BCUT2D eigenvalue weighted by molar-refractivity contribution is 9.10. The minimum Gasteiger partial charge on any atom is -0.360 e. The van der Waals surface area contributed by atoms with Crippen LogP contribution in [0, 0.1) is 0 Å². The Hall–Kier alpha value is -5.13. The zero-order chi connectivity index (χ0) is 29.2. The molecule has 0 saturated carbocycles. The lowest BCUT2D eigenvalue weighted by molar-refractivity contribution is 0.968. The van der Waals surface area contributed by atoms with Gasteiger partial charge in [-0.2, -0.15) is 0 Å². The summed E-state index contributed by atoms with van der Waals surface area (Å²) in [5.41, 5.74) is 12.5. The van der Waals surface area contributed by atoms with Crippen LogP contribution in [0.25, 0.3) is 16.7 Å². The van der Waals surface area contributed by atoms with Gasteiger partial charge in [-0.05, 0) is 70.7 Å². The fraction of sp³-hybridized carbons (Fsp3) is 0. The molecule has 5 heterocycles. The van der Waals surface area contributed by atoms with Crippen LogP contribution in [-0.2, 0) is 0 Å². The Bertz CT molecular complexity index is 2310. The summed E-state index contributed by atoms with van der Waals surface area (Å²) in [6, 6.07) is 50.2. The number of aromatic nitrogens is 2. The van der Waals surface area contributed by atoms with Gasteiger partial charge >= 0.3 is 6.98 Å². The molecule has 206 valence electrons. The lowest BCUT2D eigenvalue weighted by Crippen LogP contribution is -2.57. The average molecular weight is 626 g/mol. The summed E-state index contributed by atoms with van der Waals surface area (Å²) in [5, 5.41) is 2.34. The van der Waals surface area contributed by atoms with Crippen molar-refractivity contribution in [3.63, 3.8) is 0 Å². The van der Waals surface area contributed by atoms with E-state index in [-0.39, 0.29) is 6.98 Å². The van der Waals surface area contributed by atoms with E-state index in [2.05, 4.69) is 177 Å². The molecule has 0 unspecified atom stereocenters. The van der Waals surface area contributed by atoms with Crippen molar-refractivity contribution < 1.29 is 0 Å². The maximum Gasteiger partial charge on any atom is 0.420 e. The van der Waals surface area contributed by atoms with Crippen molar-refractivity contribution in [1.29, 1.82) is 0 Å². The first-order valence-corrected chi connectivity index (χ1v) is 15.7. The first-order valence-electron chi connectivity index (χ1n) is 14.9. The van der Waals surface area contributed by atoms with E-state index >= 15 is 0 Å². The summed E-state index contributed by atoms with van der Waals surface area (Å²) in [5.74, 6) is 0. The van der Waals surface area contributed by atoms with Gasteiger partial charge in [0, 0.05) is 43.3 Å². The van der Waals surface area contributed by atoms with Gasteiger partial charge in [0.25, 0.3) is 0 Å². The minimum absolute atomic E-state index is 0.119. The molecule has 0 saturated heterocycles. The number of benzene rings is 4. The molecule has 0 N–H and O–H groups in total. The number of hydrogen-bond acceptors (Lipinski definition) is 1. The third-order valence-electron chi connectivity index (χ3n) is 8.86. The monoisotopic (exact) mass is 625 g/mol. The van der Waals surface area contributed by atoms with E-state index < -0.39 is 0 Å². The number of halogens is 1. The van der Waals surface area contributed by atoms with Crippen LogP contribution in [0.15, 0.2) is 167 Å². The van der Waals surface area contributed by atoms with E-state index in [0.29, 0.717) is 0 Å². The molecule has 3 nitrogen and oxygen atoms in total. The predicted molar refractivity (Wildman–Crippen MR) is 184 cm³/mol. The van der Waals surface area contributed by atoms with Crippen molar-refractivity contribution >= 4 is 50.8 Å². The van der Waals surface area contributed by atoms with Crippen LogP contribution in [0.4, 0.5) is 0 Å². The van der Waals surface area contributed by atoms with Gasteiger partial charge in [-0.3, -0.25) is 0 Å². The third kappa shape index (κ3) is 3.79. The summed E-state index contributed by atoms with van der Waals surface area (Å²) >= 11 is 3.69. The zero-order valence-electron chi connectivity index (χ0n) is 23.7. The number of rotatable bonds is 4. The number of hydrogen-bond donors (Lipinski definition) is 0. The number of nitrogens with zero attached hydrogens (tertiary/aromatic N) is 3. The van der Waals surface area contributed by atoms with Crippen LogP contribution in [0.2, 0.25) is 0 Å². The molecule has 2 aromatic heterocycles. The smallest absolute Gasteiger partial charge is 0.360 e. The molecule has 44 heavy (non-hydrogen) atoms. The Labute approximate surface area is 264 Å². The first-order chi connectivity index (χ1) is 21.8. The standard InChI is InChI=1S/C39H25BBrN3/c41-30-18-16-29(17-19-30)40-43-33-22-24-35(43)39(28-14-8-3-9-15-28)36-25-23-34(44(36)40)38(27-12-6-2-7-13-27)32-21-20-31(42-32)37(33)26-10-4-1-5-11-26/h1-25H. The maximum absolute atomic E-state index is 5.37. The second kappa shape index (κ2) is 9.97. The molecule has 4 bridgehead atoms. The molecule has 4 aromatic carbocycles. The summed E-state index contributed by atoms with van der Waals surface area (Å²) in [6.45, 7) is -0.119. The summed E-state index contributed by atoms with van der Waals surface area (Å²) in [4.78, 5) is 5.37. The molecule has 0 atom stereocenters. The lowest BCUT2D eigenvalue weighted by Gasteiger charge is -2.31. The first kappa shape index (κ1) is 25.4. The average Bonchev–Trinajstić information content (AvgIpc) is 3.83. The SMILES string of the molecule is Brc1ccc(B2n3c4ccc3C(c3ccccc3)=c3ccc(n32)=C(c2ccccc2)C2=NC(=C4c3ccccc3)C=C2)cc1. The molecule has 0 amide bonds. The van der Waals surface area contributed by atoms with Gasteiger partial charge in [0.05, 0.1) is 11.4 Å². The molecule has 0 fully saturated rings. The van der Waals surface area contributed by atoms with Crippen LogP contribution < -0.4 is 16.2 Å². The van der Waals surface area contributed by atoms with E-state index in [0.717, 1.165) is 49.2 Å². The van der Waals surface area contributed by atoms with Crippen molar-refractivity contribution in [2.24, 2.45) is 4.99 Å². The Morgan fingerprint density at radius 2 is 1.00 bits per heavy atom. The molecule has 9 rings (SSSR count). The van der Waals surface area contributed by atoms with Crippen LogP contribution >= 0.6 is 15.9 Å². The van der Waals surface area contributed by atoms with Crippen LogP contribution in [0.3, 0.4) is 0 Å². The van der Waals surface area contributed by atoms with Crippen molar-refractivity contribution in [1.82, 2.24) is 8.96 Å². The summed E-state index contributed by atoms with van der Waals surface area (Å²) in [6.07, 6.45) is 4.37. The molecular weight excluding hydrogens is 601 g/mol. The van der Waals surface area contributed by atoms with Gasteiger partial charge in [-0.25, -0.2) is 4.99 Å². The molecule has 0 spiro atoms. The molecule has 3 aliphatic rings. The Kier molecular flexibility index (Phi) is 5.75. The number of allylic oxidation sites excluding steroid dienone is 2. The number of fused-ring (bicyclic) bond motifs is 1. The maximum atomic E-state index is 5.37. The van der Waals surface area contributed by atoms with Gasteiger partial charge in [0.2, 0.25) is 0 Å². The fourth-order valence-corrected chi connectivity index (χ4v) is 7.29. The predicted octanol–water partition coefficient (Wildman–Crippen LogP) is 6.39. The van der Waals surface area contributed by atoms with Crippen LogP contribution in [0.1, 0.15) is 28.1 Å². The molecule has 6 aromatic rings. The lowest BCUT2D eigenvalue weighted by atomic mass is 9.64. The van der Waals surface area contributed by atoms with Gasteiger partial charge in [0.1, 0.15) is 0 Å². The highest BCUT2D eigenvalue weighted by atomic mass is 79.9. The zero-order valence-corrected chi connectivity index (χ0v) is 25.3. The number of aliphatic imine (C=N–C) groups is 1. The summed E-state index contributed by atoms with van der Waals surface area (Å²) < 4.78 is 6.13. The van der Waals surface area contributed by atoms with E-state index in [1.165, 1.54) is 27.6 Å². The topological polar surface area (TPSA) is 22.2 Å². The Morgan fingerprint density at radius 3 is 1.61 bits per heavy atom. The largest absolute Gasteiger partial charge is 0.420 e. The fourth-order valence-electron chi connectivity index (χ4n) is 7.02. The van der Waals surface area contributed by atoms with Crippen molar-refractivity contribution in [3.8, 4) is 0 Å². The Balaban J connectivity index is 1.53. The molecular formula is C39H25BBrN3. The quantitative estimate of drug-likeness (QED) is 0.202. The van der Waals surface area contributed by atoms with E-state index in [1.54, 1.807) is 0 Å². The third-order valence-corrected chi connectivity index (χ3v) is 9.39. The van der Waals surface area contributed by atoms with Crippen molar-refractivity contribution in [2.45, 2.75) is 0 Å². The molecule has 0 aliphatic carbocycles. The molecule has 5 heteroatoms. The van der Waals surface area contributed by atoms with Gasteiger partial charge in [-0.1, -0.05) is 119 Å². The summed E-state index contributed by atoms with van der Waals surface area (Å²) in [7, 11) is 0. The Morgan fingerprint density at radius 1 is 0.477 bits per heavy atom. The second-order valence-corrected chi connectivity index (χ2v) is 12.2. The van der Waals surface area contributed by atoms with Gasteiger partial charge < -0.3 is 8.96 Å².